The molecule has 1 aliphatic rings. The number of ether oxygens (including phenoxy) is 1. The van der Waals surface area contributed by atoms with E-state index in [-0.39, 0.29) is 0 Å². The maximum Gasteiger partial charge on any atom is 0.128 e. The largest absolute Gasteiger partial charge is 0.492 e. The van der Waals surface area contributed by atoms with Crippen molar-refractivity contribution in [3.63, 3.8) is 0 Å². The molecule has 0 saturated heterocycles. The number of rotatable bonds is 2. The second-order valence-corrected chi connectivity index (χ2v) is 5.51. The number of hydrogen-bond acceptors (Lipinski definition) is 2. The van der Waals surface area contributed by atoms with E-state index in [1.165, 1.54) is 27.7 Å². The van der Waals surface area contributed by atoms with E-state index in [2.05, 4.69) is 32.9 Å². The Balaban J connectivity index is 2.28. The van der Waals surface area contributed by atoms with Crippen molar-refractivity contribution in [2.24, 2.45) is 5.92 Å². The van der Waals surface area contributed by atoms with E-state index in [0.717, 1.165) is 25.2 Å². The van der Waals surface area contributed by atoms with Crippen LogP contribution in [0.5, 0.6) is 5.75 Å². The predicted molar refractivity (Wildman–Crippen MR) is 74.2 cm³/mol. The number of nitrogens with zero attached hydrogens (tertiary/aromatic N) is 1. The highest BCUT2D eigenvalue weighted by Crippen LogP contribution is 2.34. The molecule has 1 aliphatic heterocycles. The topological polar surface area (TPSA) is 22.1 Å². The molecule has 0 bridgehead atoms. The van der Waals surface area contributed by atoms with Crippen molar-refractivity contribution in [1.82, 2.24) is 4.98 Å². The molecule has 0 amide bonds. The Bertz CT molecular complexity index is 602. The molecule has 3 rings (SSSR count). The lowest BCUT2D eigenvalue weighted by atomic mass is 9.96. The molecule has 0 radical (unpaired) electrons. The van der Waals surface area contributed by atoms with Gasteiger partial charge in [-0.05, 0) is 36.3 Å². The molecule has 1 aromatic heterocycles. The van der Waals surface area contributed by atoms with Gasteiger partial charge in [0.05, 0.1) is 12.3 Å². The average molecular weight is 241 g/mol. The zero-order valence-corrected chi connectivity index (χ0v) is 11.3. The Morgan fingerprint density at radius 1 is 1.33 bits per heavy atom. The van der Waals surface area contributed by atoms with Crippen LogP contribution in [-0.4, -0.2) is 11.6 Å². The molecule has 2 heteroatoms. The molecule has 0 N–H and O–H groups in total. The van der Waals surface area contributed by atoms with E-state index in [1.54, 1.807) is 0 Å². The molecule has 2 heterocycles. The van der Waals surface area contributed by atoms with Crippen LogP contribution in [0.3, 0.4) is 0 Å². The smallest absolute Gasteiger partial charge is 0.128 e. The highest BCUT2D eigenvalue weighted by atomic mass is 16.5. The van der Waals surface area contributed by atoms with Crippen molar-refractivity contribution in [1.29, 1.82) is 0 Å². The first-order valence-electron chi connectivity index (χ1n) is 6.70. The third-order valence-corrected chi connectivity index (χ3v) is 3.62. The summed E-state index contributed by atoms with van der Waals surface area (Å²) in [5.74, 6) is 1.64. The standard InChI is InChI=1S/C16H19NO/c1-10(2)9-14-11(3)12-5-4-6-15-16(12)13(17-14)7-8-18-15/h4-6,10H,7-9H2,1-3H3. The van der Waals surface area contributed by atoms with Crippen LogP contribution in [0.4, 0.5) is 0 Å². The molecular weight excluding hydrogens is 222 g/mol. The molecule has 0 spiro atoms. The lowest BCUT2D eigenvalue weighted by molar-refractivity contribution is 0.316. The SMILES string of the molecule is Cc1c(CC(C)C)nc2c3c(cccc13)OCC2. The fourth-order valence-electron chi connectivity index (χ4n) is 2.74. The Morgan fingerprint density at radius 3 is 2.94 bits per heavy atom. The number of aromatic nitrogens is 1. The van der Waals surface area contributed by atoms with Gasteiger partial charge in [-0.25, -0.2) is 0 Å². The van der Waals surface area contributed by atoms with Crippen molar-refractivity contribution >= 4 is 10.8 Å². The van der Waals surface area contributed by atoms with Gasteiger partial charge >= 0.3 is 0 Å². The number of hydrogen-bond donors (Lipinski definition) is 0. The number of aryl methyl sites for hydroxylation is 1. The molecule has 0 atom stereocenters. The summed E-state index contributed by atoms with van der Waals surface area (Å²) in [7, 11) is 0. The van der Waals surface area contributed by atoms with E-state index >= 15 is 0 Å². The quantitative estimate of drug-likeness (QED) is 0.800. The van der Waals surface area contributed by atoms with Crippen molar-refractivity contribution in [2.45, 2.75) is 33.6 Å². The van der Waals surface area contributed by atoms with Gasteiger partial charge in [0.25, 0.3) is 0 Å². The molecule has 0 aliphatic carbocycles. The van der Waals surface area contributed by atoms with Crippen LogP contribution in [0, 0.1) is 12.8 Å². The maximum atomic E-state index is 5.73. The van der Waals surface area contributed by atoms with Crippen LogP contribution in [0.1, 0.15) is 30.8 Å². The van der Waals surface area contributed by atoms with Gasteiger partial charge in [-0.2, -0.15) is 0 Å². The lowest BCUT2D eigenvalue weighted by Crippen LogP contribution is -2.13. The summed E-state index contributed by atoms with van der Waals surface area (Å²) >= 11 is 0. The fourth-order valence-corrected chi connectivity index (χ4v) is 2.74. The highest BCUT2D eigenvalue weighted by Gasteiger charge is 2.18. The molecule has 0 unspecified atom stereocenters. The van der Waals surface area contributed by atoms with E-state index in [0.29, 0.717) is 5.92 Å². The minimum absolute atomic E-state index is 0.642. The average Bonchev–Trinajstić information content (AvgIpc) is 2.35. The molecule has 0 fully saturated rings. The Labute approximate surface area is 108 Å². The second-order valence-electron chi connectivity index (χ2n) is 5.51. The van der Waals surface area contributed by atoms with Gasteiger partial charge in [0.1, 0.15) is 5.75 Å². The van der Waals surface area contributed by atoms with Crippen molar-refractivity contribution in [3.05, 3.63) is 35.2 Å². The molecule has 1 aromatic carbocycles. The Morgan fingerprint density at radius 2 is 2.17 bits per heavy atom. The van der Waals surface area contributed by atoms with E-state index in [4.69, 9.17) is 9.72 Å². The third kappa shape index (κ3) is 1.76. The Kier molecular flexibility index (Phi) is 2.73. The van der Waals surface area contributed by atoms with Gasteiger partial charge in [-0.15, -0.1) is 0 Å². The van der Waals surface area contributed by atoms with Crippen molar-refractivity contribution in [2.75, 3.05) is 6.61 Å². The molecule has 2 aromatic rings. The van der Waals surface area contributed by atoms with Crippen LogP contribution >= 0.6 is 0 Å². The second kappa shape index (κ2) is 4.27. The summed E-state index contributed by atoms with van der Waals surface area (Å²) in [6.07, 6.45) is 1.98. The van der Waals surface area contributed by atoms with Crippen LogP contribution in [0.25, 0.3) is 10.8 Å². The summed E-state index contributed by atoms with van der Waals surface area (Å²) in [5, 5.41) is 2.54. The predicted octanol–water partition coefficient (Wildman–Crippen LogP) is 3.68. The van der Waals surface area contributed by atoms with Crippen molar-refractivity contribution < 1.29 is 4.74 Å². The van der Waals surface area contributed by atoms with Gasteiger partial charge in [0.15, 0.2) is 0 Å². The van der Waals surface area contributed by atoms with Gasteiger partial charge in [0.2, 0.25) is 0 Å². The third-order valence-electron chi connectivity index (χ3n) is 3.62. The van der Waals surface area contributed by atoms with Crippen LogP contribution in [0.2, 0.25) is 0 Å². The van der Waals surface area contributed by atoms with Crippen molar-refractivity contribution in [3.8, 4) is 5.75 Å². The molecule has 94 valence electrons. The maximum absolute atomic E-state index is 5.73. The summed E-state index contributed by atoms with van der Waals surface area (Å²) in [6, 6.07) is 6.32. The van der Waals surface area contributed by atoms with E-state index in [9.17, 15) is 0 Å². The number of benzene rings is 1. The summed E-state index contributed by atoms with van der Waals surface area (Å²) in [6.45, 7) is 7.43. The normalized spacial score (nSPS) is 14.0. The zero-order valence-electron chi connectivity index (χ0n) is 11.3. The number of pyridine rings is 1. The van der Waals surface area contributed by atoms with Gasteiger partial charge in [-0.1, -0.05) is 26.0 Å². The first-order valence-corrected chi connectivity index (χ1v) is 6.70. The fraction of sp³-hybridized carbons (Fsp3) is 0.438. The first kappa shape index (κ1) is 11.5. The van der Waals surface area contributed by atoms with Gasteiger partial charge < -0.3 is 4.74 Å². The van der Waals surface area contributed by atoms with E-state index in [1.807, 2.05) is 6.07 Å². The van der Waals surface area contributed by atoms with Crippen LogP contribution in [0.15, 0.2) is 18.2 Å². The highest BCUT2D eigenvalue weighted by molar-refractivity contribution is 5.93. The summed E-state index contributed by atoms with van der Waals surface area (Å²) in [5.41, 5.74) is 3.79. The van der Waals surface area contributed by atoms with Gasteiger partial charge in [0, 0.05) is 17.5 Å². The van der Waals surface area contributed by atoms with Gasteiger partial charge in [-0.3, -0.25) is 4.98 Å². The van der Waals surface area contributed by atoms with Crippen LogP contribution in [-0.2, 0) is 12.8 Å². The molecule has 18 heavy (non-hydrogen) atoms. The first-order chi connectivity index (χ1) is 8.66. The molecule has 0 saturated carbocycles. The lowest BCUT2D eigenvalue weighted by Gasteiger charge is -2.21. The minimum atomic E-state index is 0.642. The zero-order chi connectivity index (χ0) is 12.7. The molecule has 2 nitrogen and oxygen atoms in total. The van der Waals surface area contributed by atoms with E-state index < -0.39 is 0 Å². The molecular formula is C16H19NO. The van der Waals surface area contributed by atoms with Crippen LogP contribution < -0.4 is 4.74 Å². The minimum Gasteiger partial charge on any atom is -0.492 e. The summed E-state index contributed by atoms with van der Waals surface area (Å²) in [4.78, 5) is 4.89. The monoisotopic (exact) mass is 241 g/mol. The Hall–Kier alpha value is -1.57. The summed E-state index contributed by atoms with van der Waals surface area (Å²) < 4.78 is 5.73.